The fraction of sp³-hybridized carbons (Fsp3) is 0.318. The third kappa shape index (κ3) is 8.32. The van der Waals surface area contributed by atoms with Crippen molar-refractivity contribution in [3.05, 3.63) is 48.2 Å². The Morgan fingerprint density at radius 2 is 1.93 bits per heavy atom. The number of methoxy groups -OCH3 is 1. The number of rotatable bonds is 9. The van der Waals surface area contributed by atoms with Gasteiger partial charge < -0.3 is 26.0 Å². The molecule has 162 valence electrons. The van der Waals surface area contributed by atoms with Crippen molar-refractivity contribution in [2.45, 2.75) is 32.7 Å². The van der Waals surface area contributed by atoms with E-state index < -0.39 is 11.9 Å². The number of ether oxygens (including phenoxy) is 1. The van der Waals surface area contributed by atoms with Crippen molar-refractivity contribution in [1.29, 1.82) is 0 Å². The molecule has 2 rings (SSSR count). The summed E-state index contributed by atoms with van der Waals surface area (Å²) in [5.41, 5.74) is 8.71. The number of allylic oxidation sites excluding steroid dienone is 1. The van der Waals surface area contributed by atoms with Crippen molar-refractivity contribution in [1.82, 2.24) is 4.98 Å². The molecular formula is C22H29N3O5. The standard InChI is InChI=1S/C18H25N3O.C4H4O4/c1-4-6-14-8-10-20-18-16(14)11-15(22-3)12-17(18)21-13(2)7-5-9-19;5-3(6)1-2-4(7)8/h4,6,8,10-13,21H,5,7,9,19H2,1-3H3;1-2H,(H,5,6)(H,7,8)/b6-4-;2-1+. The van der Waals surface area contributed by atoms with Gasteiger partial charge in [0.1, 0.15) is 5.75 Å². The molecular weight excluding hydrogens is 386 g/mol. The van der Waals surface area contributed by atoms with Crippen LogP contribution in [0.15, 0.2) is 42.6 Å². The van der Waals surface area contributed by atoms with E-state index in [1.807, 2.05) is 37.4 Å². The van der Waals surface area contributed by atoms with Crippen LogP contribution in [0.4, 0.5) is 5.69 Å². The number of nitrogens with one attached hydrogen (secondary N) is 1. The molecule has 0 aliphatic rings. The number of carboxylic acids is 2. The summed E-state index contributed by atoms with van der Waals surface area (Å²) in [7, 11) is 1.69. The predicted molar refractivity (Wildman–Crippen MR) is 119 cm³/mol. The lowest BCUT2D eigenvalue weighted by Gasteiger charge is -2.17. The molecule has 1 aromatic heterocycles. The average Bonchev–Trinajstić information content (AvgIpc) is 2.71. The molecule has 0 radical (unpaired) electrons. The zero-order chi connectivity index (χ0) is 22.5. The Bertz CT molecular complexity index is 893. The number of pyridine rings is 1. The predicted octanol–water partition coefficient (Wildman–Crippen LogP) is 3.53. The normalized spacial score (nSPS) is 11.9. The summed E-state index contributed by atoms with van der Waals surface area (Å²) in [6.07, 6.45) is 9.12. The third-order valence-electron chi connectivity index (χ3n) is 4.05. The number of nitrogens with zero attached hydrogens (tertiary/aromatic N) is 1. The lowest BCUT2D eigenvalue weighted by molar-refractivity contribution is -0.134. The Balaban J connectivity index is 0.000000479. The smallest absolute Gasteiger partial charge is 0.328 e. The number of nitrogens with two attached hydrogens (primary N) is 1. The van der Waals surface area contributed by atoms with Crippen LogP contribution >= 0.6 is 0 Å². The molecule has 5 N–H and O–H groups in total. The van der Waals surface area contributed by atoms with Gasteiger partial charge in [-0.2, -0.15) is 0 Å². The lowest BCUT2D eigenvalue weighted by Crippen LogP contribution is -2.17. The van der Waals surface area contributed by atoms with Crippen LogP contribution in [0.25, 0.3) is 17.0 Å². The lowest BCUT2D eigenvalue weighted by atomic mass is 10.1. The highest BCUT2D eigenvalue weighted by atomic mass is 16.5. The zero-order valence-electron chi connectivity index (χ0n) is 17.5. The second kappa shape index (κ2) is 12.9. The molecule has 30 heavy (non-hydrogen) atoms. The van der Waals surface area contributed by atoms with Gasteiger partial charge in [0.05, 0.1) is 18.3 Å². The maximum atomic E-state index is 9.55. The second-order valence-electron chi connectivity index (χ2n) is 6.46. The second-order valence-corrected chi connectivity index (χ2v) is 6.46. The summed E-state index contributed by atoms with van der Waals surface area (Å²) in [6.45, 7) is 4.89. The molecule has 0 aliphatic carbocycles. The molecule has 1 heterocycles. The van der Waals surface area contributed by atoms with Gasteiger partial charge in [0.15, 0.2) is 0 Å². The first kappa shape index (κ1) is 24.6. The van der Waals surface area contributed by atoms with E-state index in [0.29, 0.717) is 24.7 Å². The number of aliphatic carboxylic acids is 2. The molecule has 0 spiro atoms. The van der Waals surface area contributed by atoms with Crippen LogP contribution in [0.5, 0.6) is 5.75 Å². The summed E-state index contributed by atoms with van der Waals surface area (Å²) < 4.78 is 5.45. The fourth-order valence-electron chi connectivity index (χ4n) is 2.71. The number of benzene rings is 1. The van der Waals surface area contributed by atoms with E-state index in [4.69, 9.17) is 20.7 Å². The summed E-state index contributed by atoms with van der Waals surface area (Å²) in [5, 5.41) is 20.3. The molecule has 0 fully saturated rings. The van der Waals surface area contributed by atoms with Gasteiger partial charge in [-0.3, -0.25) is 4.98 Å². The molecule has 1 aromatic carbocycles. The first-order valence-corrected chi connectivity index (χ1v) is 9.52. The number of carbonyl (C=O) groups is 2. The molecule has 8 nitrogen and oxygen atoms in total. The molecule has 0 bridgehead atoms. The van der Waals surface area contributed by atoms with E-state index in [9.17, 15) is 9.59 Å². The first-order chi connectivity index (χ1) is 14.3. The summed E-state index contributed by atoms with van der Waals surface area (Å²) in [5.74, 6) is -1.68. The van der Waals surface area contributed by atoms with Gasteiger partial charge in [-0.1, -0.05) is 12.2 Å². The van der Waals surface area contributed by atoms with E-state index in [2.05, 4.69) is 23.3 Å². The largest absolute Gasteiger partial charge is 0.497 e. The number of anilines is 1. The van der Waals surface area contributed by atoms with Crippen molar-refractivity contribution in [2.75, 3.05) is 19.0 Å². The monoisotopic (exact) mass is 415 g/mol. The van der Waals surface area contributed by atoms with Crippen LogP contribution in [0.2, 0.25) is 0 Å². The molecule has 0 saturated carbocycles. The Morgan fingerprint density at radius 1 is 1.27 bits per heavy atom. The van der Waals surface area contributed by atoms with E-state index in [0.717, 1.165) is 40.7 Å². The first-order valence-electron chi connectivity index (χ1n) is 9.52. The minimum atomic E-state index is -1.26. The van der Waals surface area contributed by atoms with Gasteiger partial charge in [-0.15, -0.1) is 0 Å². The SMILES string of the molecule is C/C=C\c1ccnc2c(NC(C)CCCN)cc(OC)cc12.O=C(O)/C=C/C(=O)O. The molecule has 0 saturated heterocycles. The fourth-order valence-corrected chi connectivity index (χ4v) is 2.71. The molecule has 0 aliphatic heterocycles. The number of hydrogen-bond acceptors (Lipinski definition) is 6. The van der Waals surface area contributed by atoms with Gasteiger partial charge in [0.2, 0.25) is 0 Å². The molecule has 8 heteroatoms. The van der Waals surface area contributed by atoms with Crippen LogP contribution < -0.4 is 15.8 Å². The van der Waals surface area contributed by atoms with Gasteiger partial charge in [-0.05, 0) is 50.9 Å². The number of carboxylic acid groups (broad SMARTS) is 2. The van der Waals surface area contributed by atoms with Gasteiger partial charge in [0.25, 0.3) is 0 Å². The zero-order valence-corrected chi connectivity index (χ0v) is 17.5. The summed E-state index contributed by atoms with van der Waals surface area (Å²) in [6, 6.07) is 6.40. The van der Waals surface area contributed by atoms with Crippen LogP contribution in [0, 0.1) is 0 Å². The Morgan fingerprint density at radius 3 is 2.47 bits per heavy atom. The van der Waals surface area contributed by atoms with Crippen molar-refractivity contribution < 1.29 is 24.5 Å². The van der Waals surface area contributed by atoms with Crippen LogP contribution in [0.3, 0.4) is 0 Å². The topological polar surface area (TPSA) is 135 Å². The minimum absolute atomic E-state index is 0.339. The Kier molecular flexibility index (Phi) is 10.6. The van der Waals surface area contributed by atoms with Crippen molar-refractivity contribution >= 4 is 34.6 Å². The van der Waals surface area contributed by atoms with Crippen LogP contribution in [0.1, 0.15) is 32.3 Å². The third-order valence-corrected chi connectivity index (χ3v) is 4.05. The quantitative estimate of drug-likeness (QED) is 0.457. The maximum Gasteiger partial charge on any atom is 0.328 e. The molecule has 1 unspecified atom stereocenters. The van der Waals surface area contributed by atoms with Gasteiger partial charge in [0, 0.05) is 35.8 Å². The molecule has 1 atom stereocenters. The minimum Gasteiger partial charge on any atom is -0.497 e. The van der Waals surface area contributed by atoms with Crippen molar-refractivity contribution in [3.8, 4) is 5.75 Å². The highest BCUT2D eigenvalue weighted by Gasteiger charge is 2.11. The highest BCUT2D eigenvalue weighted by molar-refractivity contribution is 5.97. The maximum absolute atomic E-state index is 9.55. The highest BCUT2D eigenvalue weighted by Crippen LogP contribution is 2.31. The Hall–Kier alpha value is -3.39. The van der Waals surface area contributed by atoms with Crippen molar-refractivity contribution in [3.63, 3.8) is 0 Å². The average molecular weight is 415 g/mol. The summed E-state index contributed by atoms with van der Waals surface area (Å²) >= 11 is 0. The van der Waals surface area contributed by atoms with Gasteiger partial charge >= 0.3 is 11.9 Å². The number of fused-ring (bicyclic) bond motifs is 1. The van der Waals surface area contributed by atoms with Gasteiger partial charge in [-0.25, -0.2) is 9.59 Å². The van der Waals surface area contributed by atoms with E-state index in [1.54, 1.807) is 7.11 Å². The molecule has 0 amide bonds. The Labute approximate surface area is 176 Å². The number of hydrogen-bond donors (Lipinski definition) is 4. The van der Waals surface area contributed by atoms with E-state index >= 15 is 0 Å². The van der Waals surface area contributed by atoms with Crippen LogP contribution in [-0.4, -0.2) is 46.8 Å². The number of aromatic nitrogens is 1. The van der Waals surface area contributed by atoms with E-state index in [1.165, 1.54) is 0 Å². The molecule has 2 aromatic rings. The summed E-state index contributed by atoms with van der Waals surface area (Å²) in [4.78, 5) is 23.7. The van der Waals surface area contributed by atoms with Crippen LogP contribution in [-0.2, 0) is 9.59 Å². The van der Waals surface area contributed by atoms with E-state index in [-0.39, 0.29) is 0 Å². The van der Waals surface area contributed by atoms with Crippen molar-refractivity contribution in [2.24, 2.45) is 5.73 Å².